The zero-order valence-electron chi connectivity index (χ0n) is 14.7. The fourth-order valence-electron chi connectivity index (χ4n) is 4.14. The second-order valence-electron chi connectivity index (χ2n) is 7.01. The predicted molar refractivity (Wildman–Crippen MR) is 101 cm³/mol. The van der Waals surface area contributed by atoms with Gasteiger partial charge in [0.1, 0.15) is 5.76 Å². The lowest BCUT2D eigenvalue weighted by molar-refractivity contribution is 0.0211. The van der Waals surface area contributed by atoms with Crippen LogP contribution in [0.3, 0.4) is 0 Å². The molecule has 3 aliphatic rings. The molecule has 0 radical (unpaired) electrons. The molecule has 5 rings (SSSR count). The van der Waals surface area contributed by atoms with Crippen molar-refractivity contribution < 1.29 is 9.21 Å². The Morgan fingerprint density at radius 3 is 2.52 bits per heavy atom. The molecule has 5 heteroatoms. The van der Waals surface area contributed by atoms with Gasteiger partial charge in [0.25, 0.3) is 5.91 Å². The van der Waals surface area contributed by atoms with Crippen LogP contribution in [0.15, 0.2) is 45.7 Å². The molecule has 132 valence electrons. The molecule has 3 aliphatic heterocycles. The third-order valence-electron chi connectivity index (χ3n) is 5.68. The van der Waals surface area contributed by atoms with E-state index in [-0.39, 0.29) is 11.9 Å². The SMILES string of the molecule is CSc1ccc(-c2ccc(C(=O)N[C@@H]3C4CCN(CC4)[C@@H]3C)o2)cc1. The highest BCUT2D eigenvalue weighted by Crippen LogP contribution is 2.32. The van der Waals surface area contributed by atoms with Crippen LogP contribution >= 0.6 is 11.8 Å². The van der Waals surface area contributed by atoms with Gasteiger partial charge in [-0.05, 0) is 69.3 Å². The molecule has 1 amide bonds. The molecule has 25 heavy (non-hydrogen) atoms. The molecule has 4 nitrogen and oxygen atoms in total. The number of hydrogen-bond acceptors (Lipinski definition) is 4. The maximum absolute atomic E-state index is 12.7. The zero-order valence-corrected chi connectivity index (χ0v) is 15.5. The van der Waals surface area contributed by atoms with E-state index in [1.807, 2.05) is 18.2 Å². The van der Waals surface area contributed by atoms with Crippen LogP contribution in [0.5, 0.6) is 0 Å². The number of nitrogens with zero attached hydrogens (tertiary/aromatic N) is 1. The maximum atomic E-state index is 12.7. The Hall–Kier alpha value is -1.72. The molecule has 1 aromatic carbocycles. The van der Waals surface area contributed by atoms with E-state index in [2.05, 4.69) is 35.5 Å². The van der Waals surface area contributed by atoms with Gasteiger partial charge in [-0.15, -0.1) is 11.8 Å². The molecule has 2 bridgehead atoms. The van der Waals surface area contributed by atoms with Crippen molar-refractivity contribution in [2.75, 3.05) is 19.3 Å². The van der Waals surface area contributed by atoms with Crippen molar-refractivity contribution in [3.63, 3.8) is 0 Å². The van der Waals surface area contributed by atoms with Crippen molar-refractivity contribution in [2.24, 2.45) is 5.92 Å². The first-order chi connectivity index (χ1) is 12.2. The molecule has 3 saturated heterocycles. The second kappa shape index (κ2) is 6.89. The number of fused-ring (bicyclic) bond motifs is 3. The standard InChI is InChI=1S/C20H24N2O2S/c1-13-19(15-9-11-22(13)12-10-15)21-20(23)18-8-7-17(24-18)14-3-5-16(25-2)6-4-14/h3-8,13,15,19H,9-12H2,1-2H3,(H,21,23)/t13-,19+/m1/s1. The minimum atomic E-state index is -0.0995. The van der Waals surface area contributed by atoms with Gasteiger partial charge in [0.05, 0.1) is 0 Å². The number of rotatable bonds is 4. The summed E-state index contributed by atoms with van der Waals surface area (Å²) in [5.41, 5.74) is 0.994. The van der Waals surface area contributed by atoms with Gasteiger partial charge in [-0.2, -0.15) is 0 Å². The molecule has 1 aromatic heterocycles. The Bertz CT molecular complexity index is 745. The van der Waals surface area contributed by atoms with Crippen LogP contribution in [0.25, 0.3) is 11.3 Å². The molecule has 0 spiro atoms. The summed E-state index contributed by atoms with van der Waals surface area (Å²) in [6, 6.07) is 12.5. The van der Waals surface area contributed by atoms with Crippen molar-refractivity contribution in [1.29, 1.82) is 0 Å². The van der Waals surface area contributed by atoms with Gasteiger partial charge in [-0.25, -0.2) is 0 Å². The monoisotopic (exact) mass is 356 g/mol. The van der Waals surface area contributed by atoms with Crippen molar-refractivity contribution in [1.82, 2.24) is 10.2 Å². The summed E-state index contributed by atoms with van der Waals surface area (Å²) in [6.07, 6.45) is 4.42. The molecule has 2 aromatic rings. The Morgan fingerprint density at radius 2 is 1.88 bits per heavy atom. The Labute approximate surface area is 153 Å². The van der Waals surface area contributed by atoms with Gasteiger partial charge >= 0.3 is 0 Å². The summed E-state index contributed by atoms with van der Waals surface area (Å²) in [5.74, 6) is 1.63. The molecule has 1 N–H and O–H groups in total. The number of carbonyl (C=O) groups is 1. The third-order valence-corrected chi connectivity index (χ3v) is 6.42. The molecular weight excluding hydrogens is 332 g/mol. The topological polar surface area (TPSA) is 45.5 Å². The summed E-state index contributed by atoms with van der Waals surface area (Å²) in [5, 5.41) is 3.22. The first-order valence-electron chi connectivity index (χ1n) is 8.95. The highest BCUT2D eigenvalue weighted by molar-refractivity contribution is 7.98. The molecule has 4 heterocycles. The quantitative estimate of drug-likeness (QED) is 0.845. The highest BCUT2D eigenvalue weighted by Gasteiger charge is 2.40. The zero-order chi connectivity index (χ0) is 17.4. The van der Waals surface area contributed by atoms with Crippen LogP contribution in [-0.2, 0) is 0 Å². The molecule has 2 atom stereocenters. The average molecular weight is 356 g/mol. The van der Waals surface area contributed by atoms with Crippen LogP contribution in [0.1, 0.15) is 30.3 Å². The lowest BCUT2D eigenvalue weighted by atomic mass is 9.79. The Balaban J connectivity index is 1.47. The van der Waals surface area contributed by atoms with Gasteiger partial charge in [0.2, 0.25) is 0 Å². The molecule has 3 fully saturated rings. The molecule has 0 saturated carbocycles. The van der Waals surface area contributed by atoms with E-state index in [0.717, 1.165) is 24.4 Å². The lowest BCUT2D eigenvalue weighted by Crippen LogP contribution is -2.62. The Morgan fingerprint density at radius 1 is 1.16 bits per heavy atom. The number of piperidine rings is 3. The predicted octanol–water partition coefficient (Wildman–Crippen LogP) is 3.88. The first kappa shape index (κ1) is 16.7. The summed E-state index contributed by atoms with van der Waals surface area (Å²) in [4.78, 5) is 16.3. The van der Waals surface area contributed by atoms with Gasteiger partial charge in [-0.1, -0.05) is 12.1 Å². The van der Waals surface area contributed by atoms with Gasteiger partial charge in [-0.3, -0.25) is 9.69 Å². The molecule has 0 aliphatic carbocycles. The number of hydrogen-bond donors (Lipinski definition) is 1. The Kier molecular flexibility index (Phi) is 4.61. The number of thioether (sulfide) groups is 1. The molecule has 0 unspecified atom stereocenters. The minimum Gasteiger partial charge on any atom is -0.451 e. The number of furan rings is 1. The first-order valence-corrected chi connectivity index (χ1v) is 10.2. The largest absolute Gasteiger partial charge is 0.451 e. The second-order valence-corrected chi connectivity index (χ2v) is 7.89. The number of nitrogens with one attached hydrogen (secondary N) is 1. The van der Waals surface area contributed by atoms with E-state index < -0.39 is 0 Å². The average Bonchev–Trinajstić information content (AvgIpc) is 3.15. The van der Waals surface area contributed by atoms with Crippen molar-refractivity contribution in [2.45, 2.75) is 36.7 Å². The molecular formula is C20H24N2O2S. The van der Waals surface area contributed by atoms with Gasteiger partial charge in [0.15, 0.2) is 5.76 Å². The van der Waals surface area contributed by atoms with Gasteiger partial charge < -0.3 is 9.73 Å². The van der Waals surface area contributed by atoms with E-state index in [9.17, 15) is 4.79 Å². The number of amides is 1. The van der Waals surface area contributed by atoms with Crippen LogP contribution in [-0.4, -0.2) is 42.2 Å². The fraction of sp³-hybridized carbons (Fsp3) is 0.450. The summed E-state index contributed by atoms with van der Waals surface area (Å²) >= 11 is 1.71. The lowest BCUT2D eigenvalue weighted by Gasteiger charge is -2.49. The fourth-order valence-corrected chi connectivity index (χ4v) is 4.55. The van der Waals surface area contributed by atoms with Crippen molar-refractivity contribution >= 4 is 17.7 Å². The van der Waals surface area contributed by atoms with Crippen LogP contribution in [0, 0.1) is 5.92 Å². The minimum absolute atomic E-state index is 0.0995. The summed E-state index contributed by atoms with van der Waals surface area (Å²) < 4.78 is 5.83. The van der Waals surface area contributed by atoms with Crippen LogP contribution in [0.2, 0.25) is 0 Å². The highest BCUT2D eigenvalue weighted by atomic mass is 32.2. The maximum Gasteiger partial charge on any atom is 0.287 e. The number of benzene rings is 1. The van der Waals surface area contributed by atoms with Crippen molar-refractivity contribution in [3.05, 3.63) is 42.2 Å². The van der Waals surface area contributed by atoms with E-state index in [4.69, 9.17) is 4.42 Å². The van der Waals surface area contributed by atoms with E-state index in [0.29, 0.717) is 17.7 Å². The normalized spacial score (nSPS) is 28.1. The van der Waals surface area contributed by atoms with Gasteiger partial charge in [0, 0.05) is 22.5 Å². The summed E-state index contributed by atoms with van der Waals surface area (Å²) in [7, 11) is 0. The summed E-state index contributed by atoms with van der Waals surface area (Å²) in [6.45, 7) is 4.54. The van der Waals surface area contributed by atoms with E-state index in [1.165, 1.54) is 17.7 Å². The van der Waals surface area contributed by atoms with Crippen LogP contribution in [0.4, 0.5) is 0 Å². The third kappa shape index (κ3) is 3.23. The van der Waals surface area contributed by atoms with Crippen molar-refractivity contribution in [3.8, 4) is 11.3 Å². The smallest absolute Gasteiger partial charge is 0.287 e. The van der Waals surface area contributed by atoms with E-state index in [1.54, 1.807) is 17.8 Å². The number of carbonyl (C=O) groups excluding carboxylic acids is 1. The van der Waals surface area contributed by atoms with Crippen LogP contribution < -0.4 is 5.32 Å². The van der Waals surface area contributed by atoms with E-state index >= 15 is 0 Å².